The zero-order valence-electron chi connectivity index (χ0n) is 13.3. The lowest BCUT2D eigenvalue weighted by Gasteiger charge is -2.13. The number of carbonyl (C=O) groups is 1. The number of halogens is 2. The number of ether oxygens (including phenoxy) is 1. The lowest BCUT2D eigenvalue weighted by molar-refractivity contribution is -0.139. The van der Waals surface area contributed by atoms with Crippen LogP contribution < -0.4 is 4.74 Å². The molecule has 24 heavy (non-hydrogen) atoms. The number of aliphatic carboxylic acids is 1. The molecule has 4 nitrogen and oxygen atoms in total. The van der Waals surface area contributed by atoms with Gasteiger partial charge in [0, 0.05) is 16.5 Å². The van der Waals surface area contributed by atoms with Gasteiger partial charge in [-0.25, -0.2) is 4.79 Å². The maximum atomic E-state index is 10.6. The minimum atomic E-state index is -1.07. The number of carboxylic acids is 1. The van der Waals surface area contributed by atoms with E-state index >= 15 is 0 Å². The van der Waals surface area contributed by atoms with E-state index in [2.05, 4.69) is 0 Å². The van der Waals surface area contributed by atoms with Crippen LogP contribution in [0.1, 0.15) is 36.5 Å². The highest BCUT2D eigenvalue weighted by atomic mass is 35.5. The van der Waals surface area contributed by atoms with Crippen molar-refractivity contribution in [2.45, 2.75) is 26.2 Å². The second-order valence-electron chi connectivity index (χ2n) is 5.77. The van der Waals surface area contributed by atoms with Gasteiger partial charge >= 0.3 is 5.97 Å². The van der Waals surface area contributed by atoms with Crippen LogP contribution in [0.2, 0.25) is 10.0 Å². The Kier molecular flexibility index (Phi) is 5.97. The molecule has 0 bridgehead atoms. The molecule has 0 spiro atoms. The average Bonchev–Trinajstić information content (AvgIpc) is 2.50. The largest absolute Gasteiger partial charge is 0.508 e. The molecule has 0 saturated carbocycles. The first-order chi connectivity index (χ1) is 11.3. The fraction of sp³-hybridized carbons (Fsp3) is 0.278. The van der Waals surface area contributed by atoms with E-state index in [1.807, 2.05) is 26.0 Å². The summed E-state index contributed by atoms with van der Waals surface area (Å²) in [6.07, 6.45) is 0.497. The van der Waals surface area contributed by atoms with Crippen molar-refractivity contribution in [1.82, 2.24) is 0 Å². The van der Waals surface area contributed by atoms with Gasteiger partial charge in [0.05, 0.1) is 0 Å². The van der Waals surface area contributed by atoms with Gasteiger partial charge in [0.15, 0.2) is 6.61 Å². The van der Waals surface area contributed by atoms with E-state index in [-0.39, 0.29) is 11.7 Å². The highest BCUT2D eigenvalue weighted by Crippen LogP contribution is 2.33. The van der Waals surface area contributed by atoms with E-state index in [1.165, 1.54) is 0 Å². The Morgan fingerprint density at radius 3 is 2.33 bits per heavy atom. The van der Waals surface area contributed by atoms with Gasteiger partial charge in [0.2, 0.25) is 0 Å². The Bertz CT molecular complexity index is 734. The van der Waals surface area contributed by atoms with Crippen LogP contribution in [0, 0.1) is 0 Å². The second-order valence-corrected chi connectivity index (χ2v) is 6.59. The average molecular weight is 369 g/mol. The van der Waals surface area contributed by atoms with Crippen LogP contribution in [0.15, 0.2) is 30.3 Å². The topological polar surface area (TPSA) is 66.8 Å². The van der Waals surface area contributed by atoms with E-state index in [9.17, 15) is 9.90 Å². The van der Waals surface area contributed by atoms with Crippen LogP contribution in [0.4, 0.5) is 0 Å². The van der Waals surface area contributed by atoms with Crippen molar-refractivity contribution in [1.29, 1.82) is 0 Å². The fourth-order valence-electron chi connectivity index (χ4n) is 2.36. The van der Waals surface area contributed by atoms with Crippen molar-refractivity contribution in [3.05, 3.63) is 57.1 Å². The monoisotopic (exact) mass is 368 g/mol. The standard InChI is InChI=1S/C18H18Cl2O4/c1-10(2)13-5-11(3-4-17(13)21)6-14-15(19)7-12(8-16(14)20)24-9-18(22)23/h3-5,7-8,10,21H,6,9H2,1-2H3,(H,22,23). The van der Waals surface area contributed by atoms with E-state index in [0.29, 0.717) is 22.2 Å². The number of carboxylic acid groups (broad SMARTS) is 1. The molecule has 0 saturated heterocycles. The van der Waals surface area contributed by atoms with Crippen molar-refractivity contribution < 1.29 is 19.7 Å². The van der Waals surface area contributed by atoms with Gasteiger partial charge in [-0.05, 0) is 40.8 Å². The number of benzene rings is 2. The summed E-state index contributed by atoms with van der Waals surface area (Å²) in [6, 6.07) is 8.52. The molecule has 128 valence electrons. The molecule has 2 aromatic rings. The molecule has 0 unspecified atom stereocenters. The first kappa shape index (κ1) is 18.4. The minimum absolute atomic E-state index is 0.197. The third-order valence-corrected chi connectivity index (χ3v) is 4.25. The van der Waals surface area contributed by atoms with Crippen LogP contribution in [-0.4, -0.2) is 22.8 Å². The van der Waals surface area contributed by atoms with Gasteiger partial charge in [-0.15, -0.1) is 0 Å². The number of phenolic OH excluding ortho intramolecular Hbond substituents is 1. The second kappa shape index (κ2) is 7.77. The van der Waals surface area contributed by atoms with E-state index in [0.717, 1.165) is 16.7 Å². The third-order valence-electron chi connectivity index (χ3n) is 3.57. The van der Waals surface area contributed by atoms with Crippen LogP contribution in [0.5, 0.6) is 11.5 Å². The summed E-state index contributed by atoms with van der Waals surface area (Å²) >= 11 is 12.5. The van der Waals surface area contributed by atoms with Gasteiger partial charge in [-0.3, -0.25) is 0 Å². The first-order valence-corrected chi connectivity index (χ1v) is 8.17. The zero-order chi connectivity index (χ0) is 17.9. The summed E-state index contributed by atoms with van der Waals surface area (Å²) < 4.78 is 5.10. The highest BCUT2D eigenvalue weighted by molar-refractivity contribution is 6.36. The smallest absolute Gasteiger partial charge is 0.341 e. The highest BCUT2D eigenvalue weighted by Gasteiger charge is 2.13. The molecule has 0 aliphatic carbocycles. The van der Waals surface area contributed by atoms with E-state index in [1.54, 1.807) is 18.2 Å². The molecule has 0 atom stereocenters. The molecule has 0 aromatic heterocycles. The molecule has 2 rings (SSSR count). The molecule has 0 amide bonds. The number of rotatable bonds is 6. The Morgan fingerprint density at radius 2 is 1.79 bits per heavy atom. The summed E-state index contributed by atoms with van der Waals surface area (Å²) in [6.45, 7) is 3.56. The molecule has 0 radical (unpaired) electrons. The van der Waals surface area contributed by atoms with Crippen LogP contribution >= 0.6 is 23.2 Å². The Hall–Kier alpha value is -1.91. The molecular weight excluding hydrogens is 351 g/mol. The molecule has 0 aliphatic heterocycles. The molecule has 0 heterocycles. The Morgan fingerprint density at radius 1 is 1.17 bits per heavy atom. The Labute approximate surface area is 150 Å². The summed E-state index contributed by atoms with van der Waals surface area (Å²) in [5, 5.41) is 19.4. The van der Waals surface area contributed by atoms with Gasteiger partial charge in [0.25, 0.3) is 0 Å². The van der Waals surface area contributed by atoms with E-state index in [4.69, 9.17) is 33.0 Å². The van der Waals surface area contributed by atoms with Gasteiger partial charge in [-0.1, -0.05) is 49.2 Å². The molecule has 2 aromatic carbocycles. The van der Waals surface area contributed by atoms with Crippen LogP contribution in [0.25, 0.3) is 0 Å². The quantitative estimate of drug-likeness (QED) is 0.762. The number of phenols is 1. The lowest BCUT2D eigenvalue weighted by Crippen LogP contribution is -2.09. The van der Waals surface area contributed by atoms with Crippen LogP contribution in [0.3, 0.4) is 0 Å². The SMILES string of the molecule is CC(C)c1cc(Cc2c(Cl)cc(OCC(=O)O)cc2Cl)ccc1O. The summed E-state index contributed by atoms with van der Waals surface area (Å²) in [4.78, 5) is 10.6. The van der Waals surface area contributed by atoms with Crippen molar-refractivity contribution in [2.24, 2.45) is 0 Å². The van der Waals surface area contributed by atoms with Crippen molar-refractivity contribution in [3.63, 3.8) is 0 Å². The molecule has 6 heteroatoms. The minimum Gasteiger partial charge on any atom is -0.508 e. The van der Waals surface area contributed by atoms with Gasteiger partial charge < -0.3 is 14.9 Å². The summed E-state index contributed by atoms with van der Waals surface area (Å²) in [7, 11) is 0. The Balaban J connectivity index is 2.27. The third kappa shape index (κ3) is 4.56. The number of hydrogen-bond donors (Lipinski definition) is 2. The molecule has 0 aliphatic rings. The number of hydrogen-bond acceptors (Lipinski definition) is 3. The van der Waals surface area contributed by atoms with Crippen molar-refractivity contribution in [3.8, 4) is 11.5 Å². The lowest BCUT2D eigenvalue weighted by atomic mass is 9.96. The predicted molar refractivity (Wildman–Crippen MR) is 94.6 cm³/mol. The van der Waals surface area contributed by atoms with E-state index < -0.39 is 12.6 Å². The normalized spacial score (nSPS) is 10.9. The first-order valence-electron chi connectivity index (χ1n) is 7.42. The van der Waals surface area contributed by atoms with Crippen molar-refractivity contribution in [2.75, 3.05) is 6.61 Å². The van der Waals surface area contributed by atoms with Gasteiger partial charge in [-0.2, -0.15) is 0 Å². The zero-order valence-corrected chi connectivity index (χ0v) is 14.9. The van der Waals surface area contributed by atoms with Crippen molar-refractivity contribution >= 4 is 29.2 Å². The molecule has 2 N–H and O–H groups in total. The molecular formula is C18H18Cl2O4. The van der Waals surface area contributed by atoms with Crippen LogP contribution in [-0.2, 0) is 11.2 Å². The van der Waals surface area contributed by atoms with Gasteiger partial charge in [0.1, 0.15) is 11.5 Å². The summed E-state index contributed by atoms with van der Waals surface area (Å²) in [5.41, 5.74) is 2.56. The maximum absolute atomic E-state index is 10.6. The number of aromatic hydroxyl groups is 1. The maximum Gasteiger partial charge on any atom is 0.341 e. The predicted octanol–water partition coefficient (Wildman–Crippen LogP) is 4.88. The fourth-order valence-corrected chi connectivity index (χ4v) is 2.96. The molecule has 0 fully saturated rings. The summed E-state index contributed by atoms with van der Waals surface area (Å²) in [5.74, 6) is -0.299.